The Morgan fingerprint density at radius 1 is 1.11 bits per heavy atom. The molecule has 0 aromatic heterocycles. The second-order valence-corrected chi connectivity index (χ2v) is 6.06. The van der Waals surface area contributed by atoms with Gasteiger partial charge in [-0.1, -0.05) is 35.0 Å². The van der Waals surface area contributed by atoms with Crippen molar-refractivity contribution in [2.45, 2.75) is 19.4 Å². The third-order valence-corrected chi connectivity index (χ3v) is 4.11. The molecular formula is C15H14Br2FN. The molecule has 2 aromatic rings. The molecule has 4 heteroatoms. The minimum absolute atomic E-state index is 0.175. The van der Waals surface area contributed by atoms with Crippen molar-refractivity contribution >= 4 is 37.5 Å². The molecule has 0 aliphatic heterocycles. The van der Waals surface area contributed by atoms with Gasteiger partial charge in [0.05, 0.1) is 10.5 Å². The maximum absolute atomic E-state index is 13.5. The molecule has 0 bridgehead atoms. The summed E-state index contributed by atoms with van der Waals surface area (Å²) < 4.78 is 15.0. The minimum Gasteiger partial charge on any atom is -0.378 e. The van der Waals surface area contributed by atoms with Gasteiger partial charge in [0.15, 0.2) is 0 Å². The van der Waals surface area contributed by atoms with E-state index in [4.69, 9.17) is 0 Å². The van der Waals surface area contributed by atoms with Crippen LogP contribution in [0.15, 0.2) is 51.4 Å². The van der Waals surface area contributed by atoms with Crippen LogP contribution in [0.2, 0.25) is 0 Å². The first-order chi connectivity index (χ1) is 9.10. The van der Waals surface area contributed by atoms with Gasteiger partial charge in [-0.3, -0.25) is 0 Å². The fourth-order valence-corrected chi connectivity index (χ4v) is 2.41. The van der Waals surface area contributed by atoms with E-state index in [1.165, 1.54) is 11.6 Å². The van der Waals surface area contributed by atoms with Crippen molar-refractivity contribution in [3.8, 4) is 0 Å². The molecule has 1 N–H and O–H groups in total. The number of hydrogen-bond donors (Lipinski definition) is 1. The highest BCUT2D eigenvalue weighted by molar-refractivity contribution is 9.10. The van der Waals surface area contributed by atoms with E-state index in [0.29, 0.717) is 4.47 Å². The average Bonchev–Trinajstić information content (AvgIpc) is 2.41. The standard InChI is InChI=1S/C15H14Br2FN/c1-2-15(10-3-5-11(16)6-4-10)19-12-7-8-13(17)14(18)9-12/h3-9,15,19H,2H2,1H3. The molecule has 0 aliphatic carbocycles. The Bertz CT molecular complexity index is 555. The maximum Gasteiger partial charge on any atom is 0.139 e. The van der Waals surface area contributed by atoms with Crippen LogP contribution in [0, 0.1) is 5.82 Å². The first kappa shape index (κ1) is 14.5. The van der Waals surface area contributed by atoms with E-state index in [1.807, 2.05) is 18.2 Å². The van der Waals surface area contributed by atoms with Gasteiger partial charge in [-0.2, -0.15) is 0 Å². The van der Waals surface area contributed by atoms with Gasteiger partial charge in [-0.25, -0.2) is 4.39 Å². The molecule has 19 heavy (non-hydrogen) atoms. The van der Waals surface area contributed by atoms with Gasteiger partial charge in [0, 0.05) is 10.2 Å². The Labute approximate surface area is 129 Å². The number of anilines is 1. The maximum atomic E-state index is 13.5. The second kappa shape index (κ2) is 6.53. The molecule has 1 nitrogen and oxygen atoms in total. The van der Waals surface area contributed by atoms with Gasteiger partial charge < -0.3 is 5.32 Å². The lowest BCUT2D eigenvalue weighted by atomic mass is 10.0. The first-order valence-corrected chi connectivity index (χ1v) is 7.66. The number of rotatable bonds is 4. The first-order valence-electron chi connectivity index (χ1n) is 6.07. The monoisotopic (exact) mass is 385 g/mol. The molecule has 1 unspecified atom stereocenters. The molecule has 0 saturated heterocycles. The van der Waals surface area contributed by atoms with E-state index >= 15 is 0 Å². The van der Waals surface area contributed by atoms with Crippen molar-refractivity contribution < 1.29 is 4.39 Å². The third-order valence-electron chi connectivity index (χ3n) is 2.94. The minimum atomic E-state index is -0.254. The number of nitrogens with one attached hydrogen (secondary N) is 1. The van der Waals surface area contributed by atoms with Crippen LogP contribution in [0.3, 0.4) is 0 Å². The summed E-state index contributed by atoms with van der Waals surface area (Å²) in [4.78, 5) is 0. The van der Waals surface area contributed by atoms with Crippen molar-refractivity contribution in [2.75, 3.05) is 5.32 Å². The SMILES string of the molecule is CCC(Nc1ccc(Br)c(F)c1)c1ccc(Br)cc1. The molecule has 0 fully saturated rings. The van der Waals surface area contributed by atoms with Crippen LogP contribution >= 0.6 is 31.9 Å². The molecule has 2 rings (SSSR count). The second-order valence-electron chi connectivity index (χ2n) is 4.29. The fourth-order valence-electron chi connectivity index (χ4n) is 1.90. The zero-order chi connectivity index (χ0) is 13.8. The molecule has 0 spiro atoms. The van der Waals surface area contributed by atoms with Crippen LogP contribution in [-0.4, -0.2) is 0 Å². The van der Waals surface area contributed by atoms with Gasteiger partial charge in [0.25, 0.3) is 0 Å². The van der Waals surface area contributed by atoms with E-state index < -0.39 is 0 Å². The molecule has 0 radical (unpaired) electrons. The Morgan fingerprint density at radius 2 is 1.79 bits per heavy atom. The van der Waals surface area contributed by atoms with E-state index in [1.54, 1.807) is 6.07 Å². The largest absolute Gasteiger partial charge is 0.378 e. The van der Waals surface area contributed by atoms with Crippen molar-refractivity contribution in [3.63, 3.8) is 0 Å². The van der Waals surface area contributed by atoms with Crippen LogP contribution in [0.4, 0.5) is 10.1 Å². The molecule has 0 amide bonds. The molecule has 2 aromatic carbocycles. The van der Waals surface area contributed by atoms with Gasteiger partial charge in [-0.05, 0) is 58.2 Å². The Morgan fingerprint density at radius 3 is 2.37 bits per heavy atom. The van der Waals surface area contributed by atoms with E-state index in [0.717, 1.165) is 16.6 Å². The molecule has 100 valence electrons. The highest BCUT2D eigenvalue weighted by atomic mass is 79.9. The molecule has 0 heterocycles. The van der Waals surface area contributed by atoms with Gasteiger partial charge in [0.2, 0.25) is 0 Å². The predicted molar refractivity (Wildman–Crippen MR) is 84.9 cm³/mol. The molecular weight excluding hydrogens is 373 g/mol. The lowest BCUT2D eigenvalue weighted by molar-refractivity contribution is 0.620. The summed E-state index contributed by atoms with van der Waals surface area (Å²) in [5.41, 5.74) is 1.98. The topological polar surface area (TPSA) is 12.0 Å². The summed E-state index contributed by atoms with van der Waals surface area (Å²) in [6.07, 6.45) is 0.930. The van der Waals surface area contributed by atoms with Crippen molar-refractivity contribution in [1.82, 2.24) is 0 Å². The zero-order valence-corrected chi connectivity index (χ0v) is 13.6. The molecule has 1 atom stereocenters. The predicted octanol–water partition coefficient (Wildman–Crippen LogP) is 5.91. The zero-order valence-electron chi connectivity index (χ0n) is 10.5. The van der Waals surface area contributed by atoms with Gasteiger partial charge in [0.1, 0.15) is 5.82 Å². The quantitative estimate of drug-likeness (QED) is 0.688. The van der Waals surface area contributed by atoms with Crippen molar-refractivity contribution in [2.24, 2.45) is 0 Å². The third kappa shape index (κ3) is 3.80. The van der Waals surface area contributed by atoms with Crippen LogP contribution in [0.5, 0.6) is 0 Å². The van der Waals surface area contributed by atoms with Crippen LogP contribution in [-0.2, 0) is 0 Å². The van der Waals surface area contributed by atoms with Crippen LogP contribution in [0.1, 0.15) is 24.9 Å². The van der Waals surface area contributed by atoms with Crippen molar-refractivity contribution in [3.05, 3.63) is 62.8 Å². The summed E-state index contributed by atoms with van der Waals surface area (Å²) in [5, 5.41) is 3.36. The Hall–Kier alpha value is -0.870. The highest BCUT2D eigenvalue weighted by Gasteiger charge is 2.10. The highest BCUT2D eigenvalue weighted by Crippen LogP contribution is 2.26. The fraction of sp³-hybridized carbons (Fsp3) is 0.200. The number of hydrogen-bond acceptors (Lipinski definition) is 1. The average molecular weight is 387 g/mol. The lowest BCUT2D eigenvalue weighted by Crippen LogP contribution is -2.09. The number of benzene rings is 2. The van der Waals surface area contributed by atoms with Gasteiger partial charge in [-0.15, -0.1) is 0 Å². The Kier molecular flexibility index (Phi) is 4.99. The van der Waals surface area contributed by atoms with Crippen molar-refractivity contribution in [1.29, 1.82) is 0 Å². The van der Waals surface area contributed by atoms with E-state index in [9.17, 15) is 4.39 Å². The van der Waals surface area contributed by atoms with E-state index in [2.05, 4.69) is 56.2 Å². The normalized spacial score (nSPS) is 12.2. The number of halogens is 3. The Balaban J connectivity index is 2.18. The summed E-state index contributed by atoms with van der Waals surface area (Å²) in [6.45, 7) is 2.11. The van der Waals surface area contributed by atoms with Crippen LogP contribution in [0.25, 0.3) is 0 Å². The summed E-state index contributed by atoms with van der Waals surface area (Å²) in [6, 6.07) is 13.4. The summed E-state index contributed by atoms with van der Waals surface area (Å²) in [5.74, 6) is -0.254. The summed E-state index contributed by atoms with van der Waals surface area (Å²) >= 11 is 6.58. The lowest BCUT2D eigenvalue weighted by Gasteiger charge is -2.19. The smallest absolute Gasteiger partial charge is 0.139 e. The molecule has 0 saturated carbocycles. The molecule has 0 aliphatic rings. The van der Waals surface area contributed by atoms with Crippen LogP contribution < -0.4 is 5.32 Å². The summed E-state index contributed by atoms with van der Waals surface area (Å²) in [7, 11) is 0. The van der Waals surface area contributed by atoms with E-state index in [-0.39, 0.29) is 11.9 Å². The van der Waals surface area contributed by atoms with Gasteiger partial charge >= 0.3 is 0 Å².